The predicted octanol–water partition coefficient (Wildman–Crippen LogP) is 3.30. The van der Waals surface area contributed by atoms with Crippen molar-refractivity contribution in [3.05, 3.63) is 58.6 Å². The van der Waals surface area contributed by atoms with E-state index in [1.54, 1.807) is 43.3 Å². The maximum absolute atomic E-state index is 12.2. The van der Waals surface area contributed by atoms with Gasteiger partial charge in [-0.05, 0) is 52.7 Å². The third-order valence-corrected chi connectivity index (χ3v) is 4.86. The third kappa shape index (κ3) is 3.39. The Morgan fingerprint density at radius 1 is 1.10 bits per heavy atom. The van der Waals surface area contributed by atoms with Crippen molar-refractivity contribution in [2.24, 2.45) is 0 Å². The largest absolute Gasteiger partial charge is 0.389 e. The van der Waals surface area contributed by atoms with E-state index in [0.717, 1.165) is 0 Å². The zero-order chi connectivity index (χ0) is 14.8. The van der Waals surface area contributed by atoms with Crippen LogP contribution in [-0.2, 0) is 10.0 Å². The van der Waals surface area contributed by atoms with Crippen molar-refractivity contribution in [1.29, 1.82) is 0 Å². The fourth-order valence-corrected chi connectivity index (χ4v) is 3.27. The van der Waals surface area contributed by atoms with Gasteiger partial charge in [0.25, 0.3) is 10.0 Å². The summed E-state index contributed by atoms with van der Waals surface area (Å²) in [6.45, 7) is 1.63. The number of halogens is 1. The van der Waals surface area contributed by atoms with Crippen LogP contribution < -0.4 is 4.72 Å². The average molecular weight is 356 g/mol. The van der Waals surface area contributed by atoms with E-state index in [9.17, 15) is 13.5 Å². The van der Waals surface area contributed by atoms with Gasteiger partial charge in [-0.3, -0.25) is 4.72 Å². The van der Waals surface area contributed by atoms with Gasteiger partial charge in [0, 0.05) is 4.47 Å². The SMILES string of the molecule is CC(O)c1ccc(S(=O)(=O)Nc2ccccc2Br)cc1. The molecule has 0 aliphatic carbocycles. The summed E-state index contributed by atoms with van der Waals surface area (Å²) in [4.78, 5) is 0.151. The molecule has 6 heteroatoms. The van der Waals surface area contributed by atoms with Gasteiger partial charge in [-0.25, -0.2) is 8.42 Å². The van der Waals surface area contributed by atoms with Crippen LogP contribution in [0, 0.1) is 0 Å². The van der Waals surface area contributed by atoms with Crippen molar-refractivity contribution in [2.45, 2.75) is 17.9 Å². The zero-order valence-corrected chi connectivity index (χ0v) is 13.1. The molecular formula is C14H14BrNO3S. The summed E-state index contributed by atoms with van der Waals surface area (Å²) in [7, 11) is -3.64. The summed E-state index contributed by atoms with van der Waals surface area (Å²) < 4.78 is 27.7. The Hall–Kier alpha value is -1.37. The summed E-state index contributed by atoms with van der Waals surface area (Å²) in [5, 5.41) is 9.42. The van der Waals surface area contributed by atoms with Crippen molar-refractivity contribution in [3.63, 3.8) is 0 Å². The fourth-order valence-electron chi connectivity index (χ4n) is 1.67. The van der Waals surface area contributed by atoms with E-state index in [4.69, 9.17) is 0 Å². The molecule has 1 atom stereocenters. The molecule has 0 aliphatic rings. The van der Waals surface area contributed by atoms with Crippen molar-refractivity contribution in [2.75, 3.05) is 4.72 Å². The maximum Gasteiger partial charge on any atom is 0.261 e. The molecule has 2 aromatic carbocycles. The molecule has 2 rings (SSSR count). The number of para-hydroxylation sites is 1. The molecule has 1 unspecified atom stereocenters. The molecule has 4 nitrogen and oxygen atoms in total. The lowest BCUT2D eigenvalue weighted by molar-refractivity contribution is 0.199. The monoisotopic (exact) mass is 355 g/mol. The van der Waals surface area contributed by atoms with Gasteiger partial charge in [0.2, 0.25) is 0 Å². The summed E-state index contributed by atoms with van der Waals surface area (Å²) >= 11 is 3.29. The topological polar surface area (TPSA) is 66.4 Å². The first kappa shape index (κ1) is 15.0. The Labute approximate surface area is 126 Å². The molecule has 2 aromatic rings. The first-order valence-electron chi connectivity index (χ1n) is 5.95. The highest BCUT2D eigenvalue weighted by Gasteiger charge is 2.15. The Bertz CT molecular complexity index is 697. The van der Waals surface area contributed by atoms with Gasteiger partial charge in [-0.1, -0.05) is 24.3 Å². The minimum atomic E-state index is -3.64. The summed E-state index contributed by atoms with van der Waals surface area (Å²) in [5.41, 5.74) is 1.15. The van der Waals surface area contributed by atoms with E-state index in [-0.39, 0.29) is 4.90 Å². The highest BCUT2D eigenvalue weighted by molar-refractivity contribution is 9.10. The van der Waals surface area contributed by atoms with Gasteiger partial charge in [-0.15, -0.1) is 0 Å². The van der Waals surface area contributed by atoms with Crippen LogP contribution >= 0.6 is 15.9 Å². The maximum atomic E-state index is 12.2. The standard InChI is InChI=1S/C14H14BrNO3S/c1-10(17)11-6-8-12(9-7-11)20(18,19)16-14-5-3-2-4-13(14)15/h2-10,16-17H,1H3. The fraction of sp³-hybridized carbons (Fsp3) is 0.143. The minimum Gasteiger partial charge on any atom is -0.389 e. The van der Waals surface area contributed by atoms with Crippen LogP contribution in [0.1, 0.15) is 18.6 Å². The van der Waals surface area contributed by atoms with Crippen molar-refractivity contribution in [3.8, 4) is 0 Å². The lowest BCUT2D eigenvalue weighted by Gasteiger charge is -2.10. The van der Waals surface area contributed by atoms with Crippen molar-refractivity contribution >= 4 is 31.6 Å². The number of aliphatic hydroxyl groups is 1. The first-order chi connectivity index (χ1) is 9.40. The average Bonchev–Trinajstić information content (AvgIpc) is 2.41. The number of benzene rings is 2. The quantitative estimate of drug-likeness (QED) is 0.883. The third-order valence-electron chi connectivity index (χ3n) is 2.79. The molecular weight excluding hydrogens is 342 g/mol. The number of hydrogen-bond acceptors (Lipinski definition) is 3. The second-order valence-electron chi connectivity index (χ2n) is 4.33. The Kier molecular flexibility index (Phi) is 4.47. The molecule has 0 fully saturated rings. The van der Waals surface area contributed by atoms with E-state index in [0.29, 0.717) is 15.7 Å². The Balaban J connectivity index is 2.29. The number of aliphatic hydroxyl groups excluding tert-OH is 1. The van der Waals surface area contributed by atoms with Gasteiger partial charge in [0.05, 0.1) is 16.7 Å². The molecule has 0 heterocycles. The van der Waals surface area contributed by atoms with Crippen LogP contribution in [0.4, 0.5) is 5.69 Å². The molecule has 0 bridgehead atoms. The number of anilines is 1. The van der Waals surface area contributed by atoms with Crippen molar-refractivity contribution < 1.29 is 13.5 Å². The second-order valence-corrected chi connectivity index (χ2v) is 6.87. The van der Waals surface area contributed by atoms with E-state index in [1.807, 2.05) is 0 Å². The molecule has 0 spiro atoms. The number of rotatable bonds is 4. The zero-order valence-electron chi connectivity index (χ0n) is 10.7. The molecule has 0 radical (unpaired) electrons. The van der Waals surface area contributed by atoms with Crippen LogP contribution in [0.5, 0.6) is 0 Å². The molecule has 106 valence electrons. The van der Waals surface area contributed by atoms with Crippen LogP contribution in [0.15, 0.2) is 57.9 Å². The van der Waals surface area contributed by atoms with E-state index in [2.05, 4.69) is 20.7 Å². The van der Waals surface area contributed by atoms with Gasteiger partial charge in [0.15, 0.2) is 0 Å². The Morgan fingerprint density at radius 2 is 1.70 bits per heavy atom. The van der Waals surface area contributed by atoms with Crippen LogP contribution in [0.25, 0.3) is 0 Å². The van der Waals surface area contributed by atoms with Crippen LogP contribution in [-0.4, -0.2) is 13.5 Å². The van der Waals surface area contributed by atoms with Crippen LogP contribution in [0.3, 0.4) is 0 Å². The lowest BCUT2D eigenvalue weighted by atomic mass is 10.1. The van der Waals surface area contributed by atoms with Gasteiger partial charge >= 0.3 is 0 Å². The predicted molar refractivity (Wildman–Crippen MR) is 82.0 cm³/mol. The van der Waals surface area contributed by atoms with E-state index < -0.39 is 16.1 Å². The van der Waals surface area contributed by atoms with Crippen LogP contribution in [0.2, 0.25) is 0 Å². The molecule has 2 N–H and O–H groups in total. The molecule has 0 amide bonds. The van der Waals surface area contributed by atoms with Crippen molar-refractivity contribution in [1.82, 2.24) is 0 Å². The summed E-state index contributed by atoms with van der Waals surface area (Å²) in [6.07, 6.45) is -0.622. The number of sulfonamides is 1. The normalized spacial score (nSPS) is 12.9. The van der Waals surface area contributed by atoms with E-state index in [1.165, 1.54) is 12.1 Å². The summed E-state index contributed by atoms with van der Waals surface area (Å²) in [6, 6.07) is 13.1. The van der Waals surface area contributed by atoms with Gasteiger partial charge < -0.3 is 5.11 Å². The number of nitrogens with one attached hydrogen (secondary N) is 1. The lowest BCUT2D eigenvalue weighted by Crippen LogP contribution is -2.13. The summed E-state index contributed by atoms with van der Waals surface area (Å²) in [5.74, 6) is 0. The number of hydrogen-bond donors (Lipinski definition) is 2. The molecule has 0 aromatic heterocycles. The minimum absolute atomic E-state index is 0.151. The smallest absolute Gasteiger partial charge is 0.261 e. The Morgan fingerprint density at radius 3 is 2.25 bits per heavy atom. The molecule has 0 aliphatic heterocycles. The van der Waals surface area contributed by atoms with E-state index >= 15 is 0 Å². The van der Waals surface area contributed by atoms with Gasteiger partial charge in [0.1, 0.15) is 0 Å². The highest BCUT2D eigenvalue weighted by atomic mass is 79.9. The highest BCUT2D eigenvalue weighted by Crippen LogP contribution is 2.25. The second kappa shape index (κ2) is 5.95. The molecule has 0 saturated carbocycles. The first-order valence-corrected chi connectivity index (χ1v) is 8.23. The van der Waals surface area contributed by atoms with Gasteiger partial charge in [-0.2, -0.15) is 0 Å². The molecule has 0 saturated heterocycles. The molecule has 20 heavy (non-hydrogen) atoms.